The van der Waals surface area contributed by atoms with Crippen molar-refractivity contribution in [2.24, 2.45) is 11.5 Å². The molecule has 14 N–H and O–H groups in total. The predicted molar refractivity (Wildman–Crippen MR) is 289 cm³/mol. The van der Waals surface area contributed by atoms with E-state index in [2.05, 4.69) is 41.1 Å². The Kier molecular flexibility index (Phi) is 24.9. The fraction of sp³-hybridized carbons (Fsp3) is 0.415. The monoisotopic (exact) mass is 1150 g/mol. The number of nitrogens with two attached hydrogens (primary N) is 2. The number of carbonyl (C=O) groups excluding carboxylic acids is 9. The van der Waals surface area contributed by atoms with Gasteiger partial charge >= 0.3 is 22.3 Å². The Morgan fingerprint density at radius 3 is 1.74 bits per heavy atom. The van der Waals surface area contributed by atoms with Crippen molar-refractivity contribution in [3.63, 3.8) is 0 Å². The molecule has 9 amide bonds. The van der Waals surface area contributed by atoms with E-state index >= 15 is 0 Å². The molecule has 0 aliphatic carbocycles. The zero-order valence-electron chi connectivity index (χ0n) is 44.7. The zero-order valence-corrected chi connectivity index (χ0v) is 45.5. The molecule has 27 nitrogen and oxygen atoms in total. The molecule has 0 radical (unpaired) electrons. The van der Waals surface area contributed by atoms with Crippen LogP contribution < -0.4 is 47.6 Å². The Morgan fingerprint density at radius 1 is 0.630 bits per heavy atom. The van der Waals surface area contributed by atoms with Gasteiger partial charge in [0.15, 0.2) is 0 Å². The molecular formula is C53H68N10O17S. The molecule has 7 atom stereocenters. The lowest BCUT2D eigenvalue weighted by Crippen LogP contribution is -2.60. The van der Waals surface area contributed by atoms with Crippen LogP contribution in [0.5, 0.6) is 5.75 Å². The maximum atomic E-state index is 14.4. The maximum Gasteiger partial charge on any atom is 0.446 e. The van der Waals surface area contributed by atoms with E-state index < -0.39 is 144 Å². The Labute approximate surface area is 466 Å². The molecule has 4 rings (SSSR count). The molecule has 0 aliphatic heterocycles. The first-order chi connectivity index (χ1) is 38.3. The Hall–Kier alpha value is -8.76. The molecule has 3 aromatic carbocycles. The van der Waals surface area contributed by atoms with Crippen LogP contribution in [0.4, 0.5) is 0 Å². The third-order valence-corrected chi connectivity index (χ3v) is 12.9. The van der Waals surface area contributed by atoms with Crippen LogP contribution in [0, 0.1) is 0 Å². The van der Waals surface area contributed by atoms with Gasteiger partial charge in [-0.15, -0.1) is 0 Å². The van der Waals surface area contributed by atoms with E-state index in [1.807, 2.05) is 0 Å². The van der Waals surface area contributed by atoms with Crippen LogP contribution in [-0.4, -0.2) is 147 Å². The highest BCUT2D eigenvalue weighted by Gasteiger charge is 2.38. The van der Waals surface area contributed by atoms with Gasteiger partial charge in [-0.05, 0) is 47.7 Å². The SMILES string of the molecule is CCCC[C@H](NC(=O)[C@H](Cc1c[nH]c2ccccc12)NC(=O)CNC(=O)[C@H](CCCC)NC(=O)[C@H](Cc1ccc(OS(=O)(=O)O)cc1)N(C(C)=O)C(=O)[C@@H](N)CC(=O)O)C(=O)N[C@@H](CC(=O)O)C(=O)N[C@@H](Cc1ccccc1)C(N)=O. The fourth-order valence-electron chi connectivity index (χ4n) is 8.47. The lowest BCUT2D eigenvalue weighted by Gasteiger charge is -2.31. The number of carboxylic acids is 2. The molecule has 0 saturated carbocycles. The smallest absolute Gasteiger partial charge is 0.446 e. The van der Waals surface area contributed by atoms with Crippen molar-refractivity contribution >= 4 is 86.4 Å². The van der Waals surface area contributed by atoms with Gasteiger partial charge in [0.25, 0.3) is 0 Å². The lowest BCUT2D eigenvalue weighted by molar-refractivity contribution is -0.153. The molecule has 0 spiro atoms. The maximum absolute atomic E-state index is 14.4. The van der Waals surface area contributed by atoms with Gasteiger partial charge in [-0.1, -0.05) is 100 Å². The molecule has 0 unspecified atom stereocenters. The Balaban J connectivity index is 1.59. The highest BCUT2D eigenvalue weighted by molar-refractivity contribution is 7.81. The van der Waals surface area contributed by atoms with Crippen molar-refractivity contribution in [1.82, 2.24) is 41.8 Å². The van der Waals surface area contributed by atoms with Crippen molar-refractivity contribution in [2.75, 3.05) is 6.54 Å². The van der Waals surface area contributed by atoms with Gasteiger partial charge in [0.05, 0.1) is 25.4 Å². The summed E-state index contributed by atoms with van der Waals surface area (Å²) in [6, 6.07) is 9.22. The Bertz CT molecular complexity index is 3010. The van der Waals surface area contributed by atoms with Gasteiger partial charge in [-0.2, -0.15) is 8.42 Å². The van der Waals surface area contributed by atoms with Crippen molar-refractivity contribution < 1.29 is 80.1 Å². The number of aromatic amines is 1. The molecule has 1 aromatic heterocycles. The molecule has 81 heavy (non-hydrogen) atoms. The summed E-state index contributed by atoms with van der Waals surface area (Å²) in [5, 5.41) is 34.7. The molecule has 1 heterocycles. The number of para-hydroxylation sites is 1. The first-order valence-corrected chi connectivity index (χ1v) is 27.1. The van der Waals surface area contributed by atoms with Crippen LogP contribution in [0.25, 0.3) is 10.9 Å². The minimum atomic E-state index is -4.93. The van der Waals surface area contributed by atoms with Gasteiger partial charge in [-0.3, -0.25) is 62.2 Å². The first-order valence-electron chi connectivity index (χ1n) is 25.8. The molecule has 0 aliphatic rings. The normalized spacial score (nSPS) is 13.8. The van der Waals surface area contributed by atoms with Crippen LogP contribution in [0.2, 0.25) is 0 Å². The molecule has 0 saturated heterocycles. The summed E-state index contributed by atoms with van der Waals surface area (Å²) < 4.78 is 36.1. The van der Waals surface area contributed by atoms with E-state index in [0.29, 0.717) is 52.6 Å². The van der Waals surface area contributed by atoms with E-state index in [9.17, 15) is 71.4 Å². The average Bonchev–Trinajstić information content (AvgIpc) is 3.89. The third kappa shape index (κ3) is 21.1. The summed E-state index contributed by atoms with van der Waals surface area (Å²) in [5.41, 5.74) is 13.5. The Morgan fingerprint density at radius 2 is 1.16 bits per heavy atom. The van der Waals surface area contributed by atoms with Crippen molar-refractivity contribution in [3.05, 3.63) is 102 Å². The molecule has 4 aromatic rings. The number of aliphatic carboxylic acids is 2. The van der Waals surface area contributed by atoms with Crippen LogP contribution in [0.15, 0.2) is 85.1 Å². The largest absolute Gasteiger partial charge is 0.481 e. The van der Waals surface area contributed by atoms with Gasteiger partial charge in [0.2, 0.25) is 53.2 Å². The highest BCUT2D eigenvalue weighted by Crippen LogP contribution is 2.21. The third-order valence-electron chi connectivity index (χ3n) is 12.5. The molecular weight excluding hydrogens is 1080 g/mol. The fourth-order valence-corrected chi connectivity index (χ4v) is 8.82. The van der Waals surface area contributed by atoms with E-state index in [4.69, 9.17) is 16.0 Å². The molecule has 438 valence electrons. The second-order valence-corrected chi connectivity index (χ2v) is 19.9. The second-order valence-electron chi connectivity index (χ2n) is 18.9. The minimum absolute atomic E-state index is 0.0191. The van der Waals surface area contributed by atoms with E-state index in [1.54, 1.807) is 74.6 Å². The summed E-state index contributed by atoms with van der Waals surface area (Å²) in [6.45, 7) is 3.69. The number of nitrogens with zero attached hydrogens (tertiary/aromatic N) is 1. The summed E-state index contributed by atoms with van der Waals surface area (Å²) in [7, 11) is -4.93. The van der Waals surface area contributed by atoms with Gasteiger partial charge in [0.1, 0.15) is 42.0 Å². The number of amides is 9. The van der Waals surface area contributed by atoms with Crippen molar-refractivity contribution in [3.8, 4) is 5.75 Å². The number of unbranched alkanes of at least 4 members (excludes halogenated alkanes) is 2. The summed E-state index contributed by atoms with van der Waals surface area (Å²) >= 11 is 0. The van der Waals surface area contributed by atoms with Crippen LogP contribution >= 0.6 is 0 Å². The van der Waals surface area contributed by atoms with E-state index in [0.717, 1.165) is 19.1 Å². The number of rotatable bonds is 33. The second kappa shape index (κ2) is 31.1. The zero-order chi connectivity index (χ0) is 60.0. The van der Waals surface area contributed by atoms with Gasteiger partial charge in [-0.25, -0.2) is 0 Å². The predicted octanol–water partition coefficient (Wildman–Crippen LogP) is -0.196. The summed E-state index contributed by atoms with van der Waals surface area (Å²) in [5.74, 6) is -12.4. The number of benzene rings is 3. The van der Waals surface area contributed by atoms with Gasteiger partial charge in [0, 0.05) is 43.3 Å². The first kappa shape index (κ1) is 64.8. The summed E-state index contributed by atoms with van der Waals surface area (Å²) in [4.78, 5) is 150. The standard InChI is InChI=1S/C53H68N10O17S/c1-4-6-16-38(60-52(75)43(63(30(3)64)53(76)36(54)26-45(66)67)24-32-19-21-34(22-20-32)80-81(77,78)79)48(71)57-29-44(65)58-41(25-33-28-56-37-18-12-11-15-35(33)37)50(73)59-39(17-7-5-2)49(72)62-42(27-46(68)69)51(74)61-40(47(55)70)23-31-13-9-8-10-14-31/h8-15,18-22,28,36,38-43,56H,4-7,16-17,23-27,29,54H2,1-3H3,(H2,55,70)(H,57,71)(H,58,65)(H,59,73)(H,60,75)(H,61,74)(H,62,72)(H,66,67)(H,68,69)(H,77,78,79)/t36-,38-,39-,40-,41-,42-,43-/m0/s1. The van der Waals surface area contributed by atoms with Crippen molar-refractivity contribution in [1.29, 1.82) is 0 Å². The van der Waals surface area contributed by atoms with Crippen LogP contribution in [-0.2, 0) is 82.4 Å². The number of hydrogen-bond acceptors (Lipinski definition) is 15. The van der Waals surface area contributed by atoms with E-state index in [-0.39, 0.29) is 37.0 Å². The number of imide groups is 1. The van der Waals surface area contributed by atoms with Crippen molar-refractivity contribution in [2.45, 2.75) is 134 Å². The molecule has 0 fully saturated rings. The van der Waals surface area contributed by atoms with E-state index in [1.165, 1.54) is 12.1 Å². The molecule has 0 bridgehead atoms. The lowest BCUT2D eigenvalue weighted by atomic mass is 10.0. The number of carboxylic acid groups (broad SMARTS) is 2. The average molecular weight is 1150 g/mol. The van der Waals surface area contributed by atoms with Crippen LogP contribution in [0.1, 0.15) is 88.8 Å². The number of carbonyl (C=O) groups is 11. The minimum Gasteiger partial charge on any atom is -0.481 e. The summed E-state index contributed by atoms with van der Waals surface area (Å²) in [6.07, 6.45) is 0.603. The number of H-pyrrole nitrogens is 1. The topological polar surface area (TPSA) is 435 Å². The number of fused-ring (bicyclic) bond motifs is 1. The quantitative estimate of drug-likeness (QED) is 0.0275. The highest BCUT2D eigenvalue weighted by atomic mass is 32.3. The van der Waals surface area contributed by atoms with Gasteiger partial charge < -0.3 is 62.7 Å². The molecule has 28 heteroatoms. The van der Waals surface area contributed by atoms with Crippen LogP contribution in [0.3, 0.4) is 0 Å². The number of hydrogen-bond donors (Lipinski definition) is 12. The number of aromatic nitrogens is 1. The number of primary amides is 1. The number of nitrogens with one attached hydrogen (secondary N) is 7.